The van der Waals surface area contributed by atoms with E-state index in [9.17, 15) is 4.79 Å². The molecule has 2 aromatic rings. The zero-order valence-electron chi connectivity index (χ0n) is 12.7. The van der Waals surface area contributed by atoms with Crippen molar-refractivity contribution in [2.24, 2.45) is 0 Å². The zero-order valence-corrected chi connectivity index (χ0v) is 13.5. The number of rotatable bonds is 1. The monoisotopic (exact) mass is 330 g/mol. The summed E-state index contributed by atoms with van der Waals surface area (Å²) in [6, 6.07) is 4.42. The Morgan fingerprint density at radius 2 is 2.35 bits per heavy atom. The van der Waals surface area contributed by atoms with Gasteiger partial charge in [0.2, 0.25) is 0 Å². The van der Waals surface area contributed by atoms with Crippen molar-refractivity contribution in [1.29, 1.82) is 0 Å². The summed E-state index contributed by atoms with van der Waals surface area (Å²) in [4.78, 5) is 19.2. The molecule has 1 aromatic carbocycles. The number of fused-ring (bicyclic) bond motifs is 4. The van der Waals surface area contributed by atoms with Gasteiger partial charge in [-0.3, -0.25) is 4.90 Å². The quantitative estimate of drug-likeness (QED) is 0.838. The first-order chi connectivity index (χ1) is 11.3. The number of carbonyl (C=O) groups is 1. The van der Waals surface area contributed by atoms with Crippen molar-refractivity contribution in [3.05, 3.63) is 17.7 Å². The Bertz CT molecular complexity index is 790. The van der Waals surface area contributed by atoms with Crippen LogP contribution in [0.4, 0.5) is 9.93 Å². The average Bonchev–Trinajstić information content (AvgIpc) is 3.19. The summed E-state index contributed by atoms with van der Waals surface area (Å²) >= 11 is 1.60. The van der Waals surface area contributed by atoms with Gasteiger partial charge >= 0.3 is 6.03 Å². The third kappa shape index (κ3) is 2.03. The Hall–Kier alpha value is -1.86. The summed E-state index contributed by atoms with van der Waals surface area (Å²) in [5.74, 6) is 0.939. The summed E-state index contributed by atoms with van der Waals surface area (Å²) in [6.07, 6.45) is 3.02. The fourth-order valence-corrected chi connectivity index (χ4v) is 4.89. The molecule has 0 bridgehead atoms. The maximum absolute atomic E-state index is 12.5. The molecule has 4 heterocycles. The molecule has 0 unspecified atom stereocenters. The second-order valence-electron chi connectivity index (χ2n) is 6.32. The van der Waals surface area contributed by atoms with Crippen molar-refractivity contribution in [2.75, 3.05) is 24.6 Å². The molecule has 2 atom stereocenters. The summed E-state index contributed by atoms with van der Waals surface area (Å²) < 4.78 is 6.75. The van der Waals surface area contributed by atoms with Crippen molar-refractivity contribution in [1.82, 2.24) is 15.6 Å². The number of carbonyl (C=O) groups excluding carboxylic acids is 1. The smallest absolute Gasteiger partial charge is 0.324 e. The predicted octanol–water partition coefficient (Wildman–Crippen LogP) is 1.88. The molecule has 23 heavy (non-hydrogen) atoms. The minimum Gasteiger partial charge on any atom is -0.493 e. The van der Waals surface area contributed by atoms with Gasteiger partial charge in [-0.25, -0.2) is 9.78 Å². The van der Waals surface area contributed by atoms with Crippen LogP contribution in [0, 0.1) is 0 Å². The van der Waals surface area contributed by atoms with Gasteiger partial charge in [-0.05, 0) is 31.5 Å². The normalized spacial score (nSPS) is 26.6. The Morgan fingerprint density at radius 1 is 1.39 bits per heavy atom. The summed E-state index contributed by atoms with van der Waals surface area (Å²) in [5.41, 5.74) is 2.18. The number of nitrogens with zero attached hydrogens (tertiary/aromatic N) is 2. The van der Waals surface area contributed by atoms with Gasteiger partial charge in [-0.15, -0.1) is 0 Å². The van der Waals surface area contributed by atoms with Gasteiger partial charge in [0, 0.05) is 18.5 Å². The van der Waals surface area contributed by atoms with Gasteiger partial charge < -0.3 is 15.4 Å². The summed E-state index contributed by atoms with van der Waals surface area (Å²) in [7, 11) is 0. The molecule has 2 N–H and O–H groups in total. The molecule has 0 radical (unpaired) electrons. The second kappa shape index (κ2) is 5.07. The van der Waals surface area contributed by atoms with Gasteiger partial charge in [0.05, 0.1) is 28.9 Å². The molecule has 120 valence electrons. The minimum atomic E-state index is -0.0179. The summed E-state index contributed by atoms with van der Waals surface area (Å²) in [5, 5.41) is 7.37. The SMILES string of the molecule is O=C1N[C@H]2CCCNC[C@H]2N1c1nc2c3c(ccc2s1)OCC3. The molecule has 6 nitrogen and oxygen atoms in total. The van der Waals surface area contributed by atoms with Gasteiger partial charge in [0.1, 0.15) is 5.75 Å². The van der Waals surface area contributed by atoms with E-state index in [2.05, 4.69) is 16.7 Å². The van der Waals surface area contributed by atoms with E-state index in [1.165, 1.54) is 5.56 Å². The second-order valence-corrected chi connectivity index (χ2v) is 7.33. The Kier molecular flexibility index (Phi) is 2.99. The molecular formula is C16H18N4O2S. The highest BCUT2D eigenvalue weighted by Gasteiger charge is 2.42. The number of hydrogen-bond acceptors (Lipinski definition) is 5. The topological polar surface area (TPSA) is 66.5 Å². The Morgan fingerprint density at radius 3 is 3.30 bits per heavy atom. The Labute approximate surface area is 137 Å². The molecule has 3 aliphatic heterocycles. The van der Waals surface area contributed by atoms with E-state index in [1.54, 1.807) is 11.3 Å². The van der Waals surface area contributed by atoms with Crippen molar-refractivity contribution in [2.45, 2.75) is 31.3 Å². The first kappa shape index (κ1) is 13.6. The molecule has 3 aliphatic rings. The number of anilines is 1. The van der Waals surface area contributed by atoms with E-state index < -0.39 is 0 Å². The molecule has 2 fully saturated rings. The van der Waals surface area contributed by atoms with E-state index in [0.29, 0.717) is 0 Å². The van der Waals surface area contributed by atoms with Crippen LogP contribution in [-0.4, -0.2) is 42.8 Å². The molecule has 7 heteroatoms. The van der Waals surface area contributed by atoms with Crippen LogP contribution in [0.25, 0.3) is 10.2 Å². The van der Waals surface area contributed by atoms with E-state index in [0.717, 1.165) is 60.1 Å². The fraction of sp³-hybridized carbons (Fsp3) is 0.500. The number of hydrogen-bond donors (Lipinski definition) is 2. The third-order valence-electron chi connectivity index (χ3n) is 4.97. The molecule has 0 aliphatic carbocycles. The molecule has 0 saturated carbocycles. The number of thiazole rings is 1. The highest BCUT2D eigenvalue weighted by Crippen LogP contribution is 2.39. The van der Waals surface area contributed by atoms with E-state index in [1.807, 2.05) is 11.0 Å². The number of benzene rings is 1. The van der Waals surface area contributed by atoms with E-state index in [4.69, 9.17) is 9.72 Å². The molecule has 2 saturated heterocycles. The lowest BCUT2D eigenvalue weighted by molar-refractivity contribution is 0.250. The molecule has 1 aromatic heterocycles. The molecular weight excluding hydrogens is 312 g/mol. The standard InChI is InChI=1S/C16H18N4O2S/c21-15-18-10-2-1-6-17-8-11(10)20(15)16-19-14-9-5-7-22-12(9)3-4-13(14)23-16/h3-4,10-11,17H,1-2,5-8H2,(H,18,21)/t10-,11+/m0/s1. The first-order valence-electron chi connectivity index (χ1n) is 8.17. The molecule has 0 spiro atoms. The number of ether oxygens (including phenoxy) is 1. The van der Waals surface area contributed by atoms with Gasteiger partial charge in [0.25, 0.3) is 0 Å². The van der Waals surface area contributed by atoms with Crippen LogP contribution in [0.5, 0.6) is 5.75 Å². The number of amides is 2. The van der Waals surface area contributed by atoms with Crippen molar-refractivity contribution in [3.8, 4) is 5.75 Å². The minimum absolute atomic E-state index is 0.0179. The third-order valence-corrected chi connectivity index (χ3v) is 5.99. The highest BCUT2D eigenvalue weighted by atomic mass is 32.1. The summed E-state index contributed by atoms with van der Waals surface area (Å²) in [6.45, 7) is 2.56. The van der Waals surface area contributed by atoms with Gasteiger partial charge in [-0.2, -0.15) is 0 Å². The predicted molar refractivity (Wildman–Crippen MR) is 89.5 cm³/mol. The first-order valence-corrected chi connectivity index (χ1v) is 8.98. The average molecular weight is 330 g/mol. The highest BCUT2D eigenvalue weighted by molar-refractivity contribution is 7.22. The zero-order chi connectivity index (χ0) is 15.4. The van der Waals surface area contributed by atoms with Crippen molar-refractivity contribution < 1.29 is 9.53 Å². The largest absolute Gasteiger partial charge is 0.493 e. The lowest BCUT2D eigenvalue weighted by Gasteiger charge is -2.22. The maximum atomic E-state index is 12.5. The van der Waals surface area contributed by atoms with Crippen molar-refractivity contribution >= 4 is 32.7 Å². The van der Waals surface area contributed by atoms with E-state index in [-0.39, 0.29) is 18.1 Å². The van der Waals surface area contributed by atoms with Crippen LogP contribution in [0.2, 0.25) is 0 Å². The number of urea groups is 1. The van der Waals surface area contributed by atoms with Crippen LogP contribution < -0.4 is 20.3 Å². The molecule has 5 rings (SSSR count). The van der Waals surface area contributed by atoms with Crippen LogP contribution in [0.1, 0.15) is 18.4 Å². The van der Waals surface area contributed by atoms with Crippen LogP contribution in [0.15, 0.2) is 12.1 Å². The van der Waals surface area contributed by atoms with E-state index >= 15 is 0 Å². The van der Waals surface area contributed by atoms with Gasteiger partial charge in [0.15, 0.2) is 5.13 Å². The maximum Gasteiger partial charge on any atom is 0.324 e. The van der Waals surface area contributed by atoms with Crippen LogP contribution in [-0.2, 0) is 6.42 Å². The molecule has 2 amide bonds. The lowest BCUT2D eigenvalue weighted by atomic mass is 10.1. The number of aromatic nitrogens is 1. The number of nitrogens with one attached hydrogen (secondary N) is 2. The van der Waals surface area contributed by atoms with Crippen LogP contribution in [0.3, 0.4) is 0 Å². The van der Waals surface area contributed by atoms with Gasteiger partial charge in [-0.1, -0.05) is 11.3 Å². The fourth-order valence-electron chi connectivity index (χ4n) is 3.84. The van der Waals surface area contributed by atoms with Crippen LogP contribution >= 0.6 is 11.3 Å². The Balaban J connectivity index is 1.58. The van der Waals surface area contributed by atoms with Crippen molar-refractivity contribution in [3.63, 3.8) is 0 Å². The lowest BCUT2D eigenvalue weighted by Crippen LogP contribution is -2.42.